The van der Waals surface area contributed by atoms with Crippen molar-refractivity contribution in [2.75, 3.05) is 13.1 Å². The van der Waals surface area contributed by atoms with Crippen molar-refractivity contribution >= 4 is 15.9 Å². The van der Waals surface area contributed by atoms with Crippen LogP contribution in [0.15, 0.2) is 52.3 Å². The smallest absolute Gasteiger partial charge is 0.410 e. The highest BCUT2D eigenvalue weighted by molar-refractivity contribution is 7.91. The number of sulfone groups is 1. The van der Waals surface area contributed by atoms with Crippen LogP contribution in [-0.4, -0.2) is 43.2 Å². The molecule has 1 heterocycles. The van der Waals surface area contributed by atoms with Crippen molar-refractivity contribution in [2.24, 2.45) is 0 Å². The zero-order valence-electron chi connectivity index (χ0n) is 16.3. The molecule has 150 valence electrons. The van der Waals surface area contributed by atoms with Gasteiger partial charge in [-0.1, -0.05) is 12.1 Å². The SMILES string of the molecule is CC(C)(C)OC(=O)N1CCc2ccc(S(=O)(=O)c3cccc(O)c3)cc2CC1. The molecular weight excluding hydrogens is 378 g/mol. The number of hydrogen-bond acceptors (Lipinski definition) is 5. The third-order valence-electron chi connectivity index (χ3n) is 4.57. The molecule has 0 aliphatic carbocycles. The maximum Gasteiger partial charge on any atom is 0.410 e. The number of phenols is 1. The summed E-state index contributed by atoms with van der Waals surface area (Å²) in [5.41, 5.74) is 1.38. The number of aromatic hydroxyl groups is 1. The van der Waals surface area contributed by atoms with Crippen LogP contribution in [0.5, 0.6) is 5.75 Å². The van der Waals surface area contributed by atoms with Gasteiger partial charge in [0.05, 0.1) is 9.79 Å². The van der Waals surface area contributed by atoms with Crippen LogP contribution in [0.4, 0.5) is 4.79 Å². The molecule has 28 heavy (non-hydrogen) atoms. The highest BCUT2D eigenvalue weighted by Crippen LogP contribution is 2.27. The Labute approximate surface area is 165 Å². The van der Waals surface area contributed by atoms with Crippen LogP contribution < -0.4 is 0 Å². The van der Waals surface area contributed by atoms with Gasteiger partial charge in [-0.15, -0.1) is 0 Å². The summed E-state index contributed by atoms with van der Waals surface area (Å²) in [7, 11) is -3.73. The molecule has 1 aliphatic rings. The van der Waals surface area contributed by atoms with E-state index in [1.165, 1.54) is 24.3 Å². The molecule has 0 atom stereocenters. The fourth-order valence-corrected chi connectivity index (χ4v) is 4.51. The monoisotopic (exact) mass is 403 g/mol. The Kier molecular flexibility index (Phi) is 5.39. The summed E-state index contributed by atoms with van der Waals surface area (Å²) in [5, 5.41) is 9.60. The molecule has 0 bridgehead atoms. The number of amides is 1. The van der Waals surface area contributed by atoms with Gasteiger partial charge in [-0.2, -0.15) is 0 Å². The van der Waals surface area contributed by atoms with Crippen molar-refractivity contribution in [1.29, 1.82) is 0 Å². The van der Waals surface area contributed by atoms with E-state index in [9.17, 15) is 18.3 Å². The van der Waals surface area contributed by atoms with Gasteiger partial charge in [-0.3, -0.25) is 0 Å². The van der Waals surface area contributed by atoms with Crippen LogP contribution in [0.2, 0.25) is 0 Å². The number of phenolic OH excluding ortho intramolecular Hbond substituents is 1. The first-order valence-corrected chi connectivity index (χ1v) is 10.7. The lowest BCUT2D eigenvalue weighted by Gasteiger charge is -2.26. The van der Waals surface area contributed by atoms with Gasteiger partial charge in [0, 0.05) is 13.1 Å². The van der Waals surface area contributed by atoms with Crippen LogP contribution in [0.3, 0.4) is 0 Å². The van der Waals surface area contributed by atoms with Gasteiger partial charge in [0.1, 0.15) is 11.4 Å². The summed E-state index contributed by atoms with van der Waals surface area (Å²) >= 11 is 0. The second-order valence-corrected chi connectivity index (χ2v) is 9.85. The van der Waals surface area contributed by atoms with E-state index in [0.29, 0.717) is 25.9 Å². The summed E-state index contributed by atoms with van der Waals surface area (Å²) in [4.78, 5) is 14.2. The maximum absolute atomic E-state index is 12.9. The van der Waals surface area contributed by atoms with Crippen LogP contribution in [-0.2, 0) is 27.4 Å². The number of carbonyl (C=O) groups is 1. The molecule has 0 aromatic heterocycles. The summed E-state index contributed by atoms with van der Waals surface area (Å²) in [6, 6.07) is 10.7. The topological polar surface area (TPSA) is 83.9 Å². The van der Waals surface area contributed by atoms with E-state index in [4.69, 9.17) is 4.74 Å². The summed E-state index contributed by atoms with van der Waals surface area (Å²) < 4.78 is 31.2. The van der Waals surface area contributed by atoms with Gasteiger partial charge < -0.3 is 14.7 Å². The van der Waals surface area contributed by atoms with Gasteiger partial charge in [0.2, 0.25) is 9.84 Å². The first kappa shape index (κ1) is 20.2. The molecule has 3 rings (SSSR count). The molecule has 2 aromatic rings. The van der Waals surface area contributed by atoms with Crippen LogP contribution in [0.25, 0.3) is 0 Å². The van der Waals surface area contributed by atoms with Gasteiger partial charge >= 0.3 is 6.09 Å². The van der Waals surface area contributed by atoms with Crippen molar-refractivity contribution < 1.29 is 23.1 Å². The summed E-state index contributed by atoms with van der Waals surface area (Å²) in [5.74, 6) is -0.0937. The van der Waals surface area contributed by atoms with Gasteiger partial charge in [0.25, 0.3) is 0 Å². The van der Waals surface area contributed by atoms with Gasteiger partial charge in [-0.05, 0) is 75.1 Å². The zero-order valence-corrected chi connectivity index (χ0v) is 17.1. The minimum absolute atomic E-state index is 0.0523. The molecular formula is C21H25NO5S. The average Bonchev–Trinajstić information content (AvgIpc) is 2.82. The van der Waals surface area contributed by atoms with E-state index in [2.05, 4.69) is 0 Å². The second kappa shape index (κ2) is 7.47. The molecule has 0 unspecified atom stereocenters. The van der Waals surface area contributed by atoms with Crippen molar-refractivity contribution in [3.05, 3.63) is 53.6 Å². The van der Waals surface area contributed by atoms with Crippen molar-refractivity contribution in [1.82, 2.24) is 4.90 Å². The van der Waals surface area contributed by atoms with Crippen LogP contribution >= 0.6 is 0 Å². The average molecular weight is 404 g/mol. The predicted octanol–water partition coefficient (Wildman–Crippen LogP) is 3.56. The first-order valence-electron chi connectivity index (χ1n) is 9.20. The Balaban J connectivity index is 1.83. The Morgan fingerprint density at radius 2 is 1.64 bits per heavy atom. The molecule has 0 spiro atoms. The van der Waals surface area contributed by atoms with Crippen LogP contribution in [0.1, 0.15) is 31.9 Å². The van der Waals surface area contributed by atoms with Crippen molar-refractivity contribution in [3.63, 3.8) is 0 Å². The molecule has 1 N–H and O–H groups in total. The Bertz CT molecular complexity index is 992. The van der Waals surface area contributed by atoms with Crippen LogP contribution in [0, 0.1) is 0 Å². The number of hydrogen-bond donors (Lipinski definition) is 1. The Morgan fingerprint density at radius 3 is 2.29 bits per heavy atom. The number of rotatable bonds is 2. The third-order valence-corrected chi connectivity index (χ3v) is 6.32. The van der Waals surface area contributed by atoms with E-state index in [-0.39, 0.29) is 21.6 Å². The first-order chi connectivity index (χ1) is 13.1. The molecule has 0 saturated heterocycles. The summed E-state index contributed by atoms with van der Waals surface area (Å²) in [6.07, 6.45) is 0.840. The standard InChI is InChI=1S/C21H25NO5S/c1-21(2,3)27-20(24)22-11-9-15-7-8-19(13-16(15)10-12-22)28(25,26)18-6-4-5-17(23)14-18/h4-8,13-14,23H,9-12H2,1-3H3. The lowest BCUT2D eigenvalue weighted by atomic mass is 10.0. The molecule has 1 aliphatic heterocycles. The second-order valence-electron chi connectivity index (χ2n) is 7.90. The zero-order chi connectivity index (χ0) is 20.5. The lowest BCUT2D eigenvalue weighted by molar-refractivity contribution is 0.0258. The quantitative estimate of drug-likeness (QED) is 0.829. The van der Waals surface area contributed by atoms with Crippen molar-refractivity contribution in [2.45, 2.75) is 49.0 Å². The van der Waals surface area contributed by atoms with E-state index in [0.717, 1.165) is 11.1 Å². The molecule has 0 radical (unpaired) electrons. The number of nitrogens with zero attached hydrogens (tertiary/aromatic N) is 1. The minimum atomic E-state index is -3.73. The maximum atomic E-state index is 12.9. The van der Waals surface area contributed by atoms with E-state index >= 15 is 0 Å². The number of benzene rings is 2. The normalized spacial score (nSPS) is 14.9. The molecule has 2 aromatic carbocycles. The van der Waals surface area contributed by atoms with Gasteiger partial charge in [0.15, 0.2) is 0 Å². The molecule has 6 nitrogen and oxygen atoms in total. The molecule has 0 fully saturated rings. The Morgan fingerprint density at radius 1 is 1.00 bits per heavy atom. The van der Waals surface area contributed by atoms with Crippen molar-refractivity contribution in [3.8, 4) is 5.75 Å². The molecule has 1 amide bonds. The largest absolute Gasteiger partial charge is 0.508 e. The summed E-state index contributed by atoms with van der Waals surface area (Å²) in [6.45, 7) is 6.49. The van der Waals surface area contributed by atoms with E-state index < -0.39 is 15.4 Å². The predicted molar refractivity (Wildman–Crippen MR) is 105 cm³/mol. The molecule has 7 heteroatoms. The minimum Gasteiger partial charge on any atom is -0.508 e. The number of fused-ring (bicyclic) bond motifs is 1. The van der Waals surface area contributed by atoms with E-state index in [1.807, 2.05) is 26.8 Å². The van der Waals surface area contributed by atoms with E-state index in [1.54, 1.807) is 17.0 Å². The van der Waals surface area contributed by atoms with Gasteiger partial charge in [-0.25, -0.2) is 13.2 Å². The lowest BCUT2D eigenvalue weighted by Crippen LogP contribution is -2.38. The highest BCUT2D eigenvalue weighted by atomic mass is 32.2. The fraction of sp³-hybridized carbons (Fsp3) is 0.381. The molecule has 0 saturated carbocycles. The number of ether oxygens (including phenoxy) is 1. The fourth-order valence-electron chi connectivity index (χ4n) is 3.16. The number of carbonyl (C=O) groups excluding carboxylic acids is 1. The third kappa shape index (κ3) is 4.47. The Hall–Kier alpha value is -2.54. The highest BCUT2D eigenvalue weighted by Gasteiger charge is 2.25.